The normalized spacial score (nSPS) is 16.3. The zero-order valence-corrected chi connectivity index (χ0v) is 19.8. The third-order valence-corrected chi connectivity index (χ3v) is 7.33. The van der Waals surface area contributed by atoms with Crippen LogP contribution in [0, 0.1) is 17.2 Å². The number of hydrogen-bond donors (Lipinski definition) is 1. The second-order valence-electron chi connectivity index (χ2n) is 8.84. The molecule has 1 fully saturated rings. The molecular weight excluding hydrogens is 450 g/mol. The lowest BCUT2D eigenvalue weighted by molar-refractivity contribution is -0.122. The summed E-state index contributed by atoms with van der Waals surface area (Å²) in [5.74, 6) is 0.853. The predicted molar refractivity (Wildman–Crippen MR) is 133 cm³/mol. The van der Waals surface area contributed by atoms with Crippen LogP contribution in [0.2, 0.25) is 5.02 Å². The van der Waals surface area contributed by atoms with E-state index in [-0.39, 0.29) is 11.8 Å². The van der Waals surface area contributed by atoms with E-state index in [0.29, 0.717) is 48.9 Å². The maximum absolute atomic E-state index is 11.6. The molecule has 34 heavy (non-hydrogen) atoms. The second kappa shape index (κ2) is 9.03. The molecule has 1 amide bonds. The van der Waals surface area contributed by atoms with Crippen molar-refractivity contribution >= 4 is 39.8 Å². The summed E-state index contributed by atoms with van der Waals surface area (Å²) in [6.07, 6.45) is 2.15. The van der Waals surface area contributed by atoms with Crippen molar-refractivity contribution < 1.29 is 9.53 Å². The zero-order valence-electron chi connectivity index (χ0n) is 19.1. The summed E-state index contributed by atoms with van der Waals surface area (Å²) in [5.41, 5.74) is 9.07. The average Bonchev–Trinajstić information content (AvgIpc) is 2.87. The third kappa shape index (κ3) is 3.78. The Labute approximate surface area is 203 Å². The summed E-state index contributed by atoms with van der Waals surface area (Å²) in [6.45, 7) is 2.74. The number of ether oxygens (including phenoxy) is 1. The number of primary amides is 1. The van der Waals surface area contributed by atoms with Crippen molar-refractivity contribution in [3.05, 3.63) is 58.1 Å². The highest BCUT2D eigenvalue weighted by Crippen LogP contribution is 2.40. The van der Waals surface area contributed by atoms with Crippen LogP contribution in [0.4, 0.5) is 11.5 Å². The Balaban J connectivity index is 1.56. The minimum atomic E-state index is -0.239. The summed E-state index contributed by atoms with van der Waals surface area (Å²) in [6, 6.07) is 14.4. The highest BCUT2D eigenvalue weighted by atomic mass is 35.5. The van der Waals surface area contributed by atoms with Crippen molar-refractivity contribution in [1.29, 1.82) is 5.26 Å². The van der Waals surface area contributed by atoms with E-state index in [2.05, 4.69) is 34.1 Å². The van der Waals surface area contributed by atoms with Crippen LogP contribution in [0.15, 0.2) is 36.4 Å². The minimum Gasteiger partial charge on any atom is -0.480 e. The molecule has 1 saturated heterocycles. The molecule has 3 aromatic rings. The number of benzene rings is 2. The van der Waals surface area contributed by atoms with Crippen molar-refractivity contribution in [3.8, 4) is 11.9 Å². The molecule has 0 spiro atoms. The molecule has 5 rings (SSSR count). The van der Waals surface area contributed by atoms with Gasteiger partial charge in [0.2, 0.25) is 11.8 Å². The molecule has 0 saturated carbocycles. The van der Waals surface area contributed by atoms with Crippen LogP contribution in [0.1, 0.15) is 29.5 Å². The van der Waals surface area contributed by atoms with Gasteiger partial charge < -0.3 is 20.3 Å². The van der Waals surface area contributed by atoms with E-state index < -0.39 is 0 Å². The lowest BCUT2D eigenvalue weighted by Crippen LogP contribution is -2.40. The van der Waals surface area contributed by atoms with Crippen molar-refractivity contribution in [1.82, 2.24) is 4.98 Å². The molecule has 1 aromatic heterocycles. The standard InChI is InChI=1S/C26H26ClN5O2/c1-34-26-19(14-28)20-15-32(22-7-3-5-16-4-2-6-21(27)23(16)22)13-10-18(20)25(30-26)31-11-8-17(9-12-31)24(29)33/h2-7,17H,8-13,15H2,1H3,(H2,29,33). The van der Waals surface area contributed by atoms with Gasteiger partial charge in [-0.15, -0.1) is 0 Å². The largest absolute Gasteiger partial charge is 0.480 e. The number of amides is 1. The maximum Gasteiger partial charge on any atom is 0.233 e. The Morgan fingerprint density at radius 3 is 2.56 bits per heavy atom. The number of halogens is 1. The van der Waals surface area contributed by atoms with Gasteiger partial charge in [-0.05, 0) is 36.8 Å². The number of carbonyl (C=O) groups is 1. The smallest absolute Gasteiger partial charge is 0.233 e. The van der Waals surface area contributed by atoms with E-state index >= 15 is 0 Å². The Bertz CT molecular complexity index is 1310. The third-order valence-electron chi connectivity index (χ3n) is 7.01. The molecule has 3 heterocycles. The van der Waals surface area contributed by atoms with E-state index in [0.717, 1.165) is 46.4 Å². The molecule has 0 bridgehead atoms. The Kier molecular flexibility index (Phi) is 5.93. The lowest BCUT2D eigenvalue weighted by Gasteiger charge is -2.37. The van der Waals surface area contributed by atoms with Crippen molar-refractivity contribution in [2.24, 2.45) is 11.7 Å². The first kappa shape index (κ1) is 22.3. The number of fused-ring (bicyclic) bond motifs is 2. The molecule has 174 valence electrons. The van der Waals surface area contributed by atoms with Gasteiger partial charge in [0, 0.05) is 54.3 Å². The van der Waals surface area contributed by atoms with Gasteiger partial charge in [-0.2, -0.15) is 10.2 Å². The monoisotopic (exact) mass is 475 g/mol. The van der Waals surface area contributed by atoms with Gasteiger partial charge in [0.05, 0.1) is 12.1 Å². The molecule has 0 atom stereocenters. The summed E-state index contributed by atoms with van der Waals surface area (Å²) >= 11 is 6.60. The minimum absolute atomic E-state index is 0.0982. The highest BCUT2D eigenvalue weighted by Gasteiger charge is 2.31. The van der Waals surface area contributed by atoms with E-state index in [9.17, 15) is 10.1 Å². The number of hydrogen-bond acceptors (Lipinski definition) is 6. The van der Waals surface area contributed by atoms with Gasteiger partial charge in [0.15, 0.2) is 0 Å². The molecule has 0 aliphatic carbocycles. The molecular formula is C26H26ClN5O2. The van der Waals surface area contributed by atoms with Crippen LogP contribution < -0.4 is 20.3 Å². The molecule has 0 radical (unpaired) electrons. The van der Waals surface area contributed by atoms with Gasteiger partial charge in [0.25, 0.3) is 0 Å². The fraction of sp³-hybridized carbons (Fsp3) is 0.346. The Hall–Kier alpha value is -3.50. The first-order valence-electron chi connectivity index (χ1n) is 11.5. The topological polar surface area (TPSA) is 95.5 Å². The van der Waals surface area contributed by atoms with Gasteiger partial charge >= 0.3 is 0 Å². The average molecular weight is 476 g/mol. The number of carbonyl (C=O) groups excluding carboxylic acids is 1. The van der Waals surface area contributed by atoms with Gasteiger partial charge in [-0.3, -0.25) is 4.79 Å². The fourth-order valence-corrected chi connectivity index (χ4v) is 5.51. The van der Waals surface area contributed by atoms with Gasteiger partial charge in [-0.1, -0.05) is 35.9 Å². The number of aromatic nitrogens is 1. The predicted octanol–water partition coefficient (Wildman–Crippen LogP) is 4.03. The summed E-state index contributed by atoms with van der Waals surface area (Å²) < 4.78 is 5.55. The molecule has 2 aromatic carbocycles. The molecule has 2 aliphatic rings. The Morgan fingerprint density at radius 2 is 1.88 bits per heavy atom. The first-order valence-corrected chi connectivity index (χ1v) is 11.9. The first-order chi connectivity index (χ1) is 16.5. The number of rotatable bonds is 4. The number of nitrogens with two attached hydrogens (primary N) is 1. The maximum atomic E-state index is 11.6. The molecule has 2 aliphatic heterocycles. The number of pyridine rings is 1. The number of piperidine rings is 1. The molecule has 2 N–H and O–H groups in total. The second-order valence-corrected chi connectivity index (χ2v) is 9.25. The molecule has 7 nitrogen and oxygen atoms in total. The van der Waals surface area contributed by atoms with Crippen LogP contribution in [0.25, 0.3) is 10.8 Å². The lowest BCUT2D eigenvalue weighted by atomic mass is 9.92. The van der Waals surface area contributed by atoms with Crippen LogP contribution in [0.5, 0.6) is 5.88 Å². The van der Waals surface area contributed by atoms with Crippen LogP contribution in [-0.2, 0) is 17.8 Å². The highest BCUT2D eigenvalue weighted by molar-refractivity contribution is 6.36. The summed E-state index contributed by atoms with van der Waals surface area (Å²) in [4.78, 5) is 20.9. The summed E-state index contributed by atoms with van der Waals surface area (Å²) in [5, 5.41) is 12.8. The van der Waals surface area contributed by atoms with Crippen LogP contribution in [0.3, 0.4) is 0 Å². The number of methoxy groups -OCH3 is 1. The van der Waals surface area contributed by atoms with Crippen molar-refractivity contribution in [2.75, 3.05) is 36.5 Å². The number of anilines is 2. The SMILES string of the molecule is COc1nc(N2CCC(C(N)=O)CC2)c2c(c1C#N)CN(c1cccc3cccc(Cl)c13)CC2. The Morgan fingerprint density at radius 1 is 1.15 bits per heavy atom. The quantitative estimate of drug-likeness (QED) is 0.612. The zero-order chi connectivity index (χ0) is 23.8. The van der Waals surface area contributed by atoms with Crippen molar-refractivity contribution in [3.63, 3.8) is 0 Å². The fourth-order valence-electron chi connectivity index (χ4n) is 5.23. The summed E-state index contributed by atoms with van der Waals surface area (Å²) in [7, 11) is 1.55. The van der Waals surface area contributed by atoms with E-state index in [1.54, 1.807) is 7.11 Å². The number of nitriles is 1. The number of nitrogens with zero attached hydrogens (tertiary/aromatic N) is 4. The van der Waals surface area contributed by atoms with Crippen LogP contribution >= 0.6 is 11.6 Å². The van der Waals surface area contributed by atoms with E-state index in [4.69, 9.17) is 27.1 Å². The van der Waals surface area contributed by atoms with Gasteiger partial charge in [0.1, 0.15) is 17.5 Å². The van der Waals surface area contributed by atoms with Crippen LogP contribution in [-0.4, -0.2) is 37.6 Å². The van der Waals surface area contributed by atoms with E-state index in [1.807, 2.05) is 18.2 Å². The van der Waals surface area contributed by atoms with E-state index in [1.165, 1.54) is 0 Å². The molecule has 0 unspecified atom stereocenters. The van der Waals surface area contributed by atoms with Gasteiger partial charge in [-0.25, -0.2) is 0 Å². The molecule has 8 heteroatoms. The van der Waals surface area contributed by atoms with Crippen molar-refractivity contribution in [2.45, 2.75) is 25.8 Å².